The number of nitrogens with one attached hydrogen (secondary N) is 2. The molecule has 5 heteroatoms. The highest BCUT2D eigenvalue weighted by Gasteiger charge is 2.14. The zero-order valence-electron chi connectivity index (χ0n) is 13.2. The van der Waals surface area contributed by atoms with Crippen LogP contribution in [0.1, 0.15) is 11.1 Å². The van der Waals surface area contributed by atoms with Crippen LogP contribution in [0.25, 0.3) is 0 Å². The molecule has 0 saturated heterocycles. The number of ether oxygens (including phenoxy) is 2. The number of amides is 2. The van der Waals surface area contributed by atoms with E-state index in [1.54, 1.807) is 32.4 Å². The molecule has 0 saturated carbocycles. The smallest absolute Gasteiger partial charge is 0.323 e. The van der Waals surface area contributed by atoms with E-state index in [0.29, 0.717) is 17.2 Å². The minimum absolute atomic E-state index is 0.347. The first kappa shape index (κ1) is 15.7. The van der Waals surface area contributed by atoms with E-state index in [-0.39, 0.29) is 6.03 Å². The van der Waals surface area contributed by atoms with Crippen LogP contribution in [-0.2, 0) is 0 Å². The molecule has 2 amide bonds. The summed E-state index contributed by atoms with van der Waals surface area (Å²) in [6, 6.07) is 10.8. The molecule has 0 unspecified atom stereocenters. The Labute approximate surface area is 130 Å². The lowest BCUT2D eigenvalue weighted by Gasteiger charge is -2.16. The number of hydrogen-bond acceptors (Lipinski definition) is 3. The minimum atomic E-state index is -0.347. The van der Waals surface area contributed by atoms with Crippen molar-refractivity contribution in [2.24, 2.45) is 0 Å². The number of methoxy groups -OCH3 is 2. The molecular weight excluding hydrogens is 280 g/mol. The number of benzene rings is 2. The van der Waals surface area contributed by atoms with E-state index in [4.69, 9.17) is 9.47 Å². The van der Waals surface area contributed by atoms with Crippen molar-refractivity contribution in [3.8, 4) is 11.5 Å². The van der Waals surface area contributed by atoms with Gasteiger partial charge in [0.1, 0.15) is 17.2 Å². The van der Waals surface area contributed by atoms with Crippen molar-refractivity contribution in [2.45, 2.75) is 13.8 Å². The molecule has 2 aromatic rings. The Kier molecular flexibility index (Phi) is 4.88. The Bertz CT molecular complexity index is 641. The maximum atomic E-state index is 12.3. The molecule has 116 valence electrons. The van der Waals surface area contributed by atoms with Gasteiger partial charge in [0.25, 0.3) is 0 Å². The molecule has 0 aliphatic heterocycles. The van der Waals surface area contributed by atoms with Crippen LogP contribution >= 0.6 is 0 Å². The van der Waals surface area contributed by atoms with Gasteiger partial charge in [-0.2, -0.15) is 0 Å². The molecule has 0 spiro atoms. The molecule has 22 heavy (non-hydrogen) atoms. The first-order valence-corrected chi connectivity index (χ1v) is 6.92. The monoisotopic (exact) mass is 300 g/mol. The number of urea groups is 1. The summed E-state index contributed by atoms with van der Waals surface area (Å²) in [5.74, 6) is 1.08. The molecule has 2 rings (SSSR count). The fourth-order valence-electron chi connectivity index (χ4n) is 2.24. The maximum absolute atomic E-state index is 12.3. The van der Waals surface area contributed by atoms with Crippen LogP contribution in [0.3, 0.4) is 0 Å². The van der Waals surface area contributed by atoms with Gasteiger partial charge in [-0.15, -0.1) is 0 Å². The molecule has 0 bridgehead atoms. The van der Waals surface area contributed by atoms with E-state index >= 15 is 0 Å². The molecule has 2 aromatic carbocycles. The average Bonchev–Trinajstić information content (AvgIpc) is 2.51. The fraction of sp³-hybridized carbons (Fsp3) is 0.235. The first-order valence-electron chi connectivity index (χ1n) is 6.92. The Hall–Kier alpha value is -2.69. The second-order valence-electron chi connectivity index (χ2n) is 4.88. The van der Waals surface area contributed by atoms with E-state index in [9.17, 15) is 4.79 Å². The van der Waals surface area contributed by atoms with Crippen molar-refractivity contribution < 1.29 is 14.3 Å². The summed E-state index contributed by atoms with van der Waals surface area (Å²) in [5, 5.41) is 5.65. The van der Waals surface area contributed by atoms with Crippen molar-refractivity contribution in [2.75, 3.05) is 24.9 Å². The topological polar surface area (TPSA) is 59.6 Å². The predicted molar refractivity (Wildman–Crippen MR) is 88.1 cm³/mol. The molecule has 5 nitrogen and oxygen atoms in total. The van der Waals surface area contributed by atoms with Gasteiger partial charge in [0.2, 0.25) is 0 Å². The Balaban J connectivity index is 2.23. The van der Waals surface area contributed by atoms with Gasteiger partial charge >= 0.3 is 6.03 Å². The first-order chi connectivity index (χ1) is 10.6. The second kappa shape index (κ2) is 6.85. The van der Waals surface area contributed by atoms with E-state index < -0.39 is 0 Å². The minimum Gasteiger partial charge on any atom is -0.494 e. The number of carbonyl (C=O) groups is 1. The maximum Gasteiger partial charge on any atom is 0.323 e. The van der Waals surface area contributed by atoms with Crippen LogP contribution in [-0.4, -0.2) is 20.3 Å². The molecule has 0 fully saturated rings. The number of hydrogen-bond donors (Lipinski definition) is 2. The predicted octanol–water partition coefficient (Wildman–Crippen LogP) is 3.96. The highest BCUT2D eigenvalue weighted by Crippen LogP contribution is 2.34. The zero-order chi connectivity index (χ0) is 16.1. The van der Waals surface area contributed by atoms with Gasteiger partial charge in [-0.3, -0.25) is 0 Å². The zero-order valence-corrected chi connectivity index (χ0v) is 13.2. The molecule has 0 heterocycles. The van der Waals surface area contributed by atoms with Gasteiger partial charge in [-0.1, -0.05) is 24.3 Å². The van der Waals surface area contributed by atoms with E-state index in [0.717, 1.165) is 16.8 Å². The third kappa shape index (κ3) is 3.31. The summed E-state index contributed by atoms with van der Waals surface area (Å²) in [7, 11) is 3.09. The molecular formula is C17H20N2O3. The summed E-state index contributed by atoms with van der Waals surface area (Å²) < 4.78 is 10.5. The van der Waals surface area contributed by atoms with Gasteiger partial charge in [-0.25, -0.2) is 4.79 Å². The van der Waals surface area contributed by atoms with Gasteiger partial charge in [0, 0.05) is 5.69 Å². The lowest BCUT2D eigenvalue weighted by molar-refractivity contribution is 0.262. The fourth-order valence-corrected chi connectivity index (χ4v) is 2.24. The summed E-state index contributed by atoms with van der Waals surface area (Å²) >= 11 is 0. The molecule has 2 N–H and O–H groups in total. The molecule has 0 atom stereocenters. The van der Waals surface area contributed by atoms with Crippen molar-refractivity contribution in [1.82, 2.24) is 0 Å². The molecule has 0 aliphatic carbocycles. The normalized spacial score (nSPS) is 10.0. The molecule has 0 radical (unpaired) electrons. The Morgan fingerprint density at radius 2 is 1.27 bits per heavy atom. The Morgan fingerprint density at radius 3 is 1.77 bits per heavy atom. The average molecular weight is 300 g/mol. The van der Waals surface area contributed by atoms with Crippen LogP contribution in [0.5, 0.6) is 11.5 Å². The van der Waals surface area contributed by atoms with Crippen LogP contribution < -0.4 is 20.1 Å². The van der Waals surface area contributed by atoms with Gasteiger partial charge in [0.15, 0.2) is 0 Å². The van der Waals surface area contributed by atoms with Crippen molar-refractivity contribution >= 4 is 17.4 Å². The van der Waals surface area contributed by atoms with Crippen molar-refractivity contribution in [3.63, 3.8) is 0 Å². The largest absolute Gasteiger partial charge is 0.494 e. The van der Waals surface area contributed by atoms with Gasteiger partial charge in [-0.05, 0) is 37.1 Å². The lowest BCUT2D eigenvalue weighted by Crippen LogP contribution is -2.21. The third-order valence-corrected chi connectivity index (χ3v) is 3.39. The van der Waals surface area contributed by atoms with Crippen LogP contribution in [0.15, 0.2) is 36.4 Å². The summed E-state index contributed by atoms with van der Waals surface area (Å²) in [4.78, 5) is 12.3. The van der Waals surface area contributed by atoms with Crippen LogP contribution in [0.2, 0.25) is 0 Å². The SMILES string of the molecule is COc1cccc(OC)c1NC(=O)Nc1c(C)cccc1C. The lowest BCUT2D eigenvalue weighted by atomic mass is 10.1. The number of anilines is 2. The van der Waals surface area contributed by atoms with E-state index in [1.807, 2.05) is 32.0 Å². The van der Waals surface area contributed by atoms with Gasteiger partial charge in [0.05, 0.1) is 14.2 Å². The summed E-state index contributed by atoms with van der Waals surface area (Å²) in [6.07, 6.45) is 0. The van der Waals surface area contributed by atoms with Crippen molar-refractivity contribution in [1.29, 1.82) is 0 Å². The molecule has 0 aromatic heterocycles. The van der Waals surface area contributed by atoms with E-state index in [1.165, 1.54) is 0 Å². The number of rotatable bonds is 4. The summed E-state index contributed by atoms with van der Waals surface area (Å²) in [5.41, 5.74) is 3.30. The van der Waals surface area contributed by atoms with Crippen LogP contribution in [0.4, 0.5) is 16.2 Å². The van der Waals surface area contributed by atoms with Gasteiger partial charge < -0.3 is 20.1 Å². The third-order valence-electron chi connectivity index (χ3n) is 3.39. The summed E-state index contributed by atoms with van der Waals surface area (Å²) in [6.45, 7) is 3.90. The highest BCUT2D eigenvalue weighted by molar-refractivity contribution is 6.02. The quantitative estimate of drug-likeness (QED) is 0.898. The molecule has 0 aliphatic rings. The highest BCUT2D eigenvalue weighted by atomic mass is 16.5. The second-order valence-corrected chi connectivity index (χ2v) is 4.88. The number of para-hydroxylation sites is 2. The Morgan fingerprint density at radius 1 is 0.818 bits per heavy atom. The number of aryl methyl sites for hydroxylation is 2. The van der Waals surface area contributed by atoms with Crippen molar-refractivity contribution in [3.05, 3.63) is 47.5 Å². The van der Waals surface area contributed by atoms with E-state index in [2.05, 4.69) is 10.6 Å². The number of carbonyl (C=O) groups excluding carboxylic acids is 1. The van der Waals surface area contributed by atoms with Crippen LogP contribution in [0, 0.1) is 13.8 Å². The standard InChI is InChI=1S/C17H20N2O3/c1-11-7-5-8-12(2)15(11)18-17(20)19-16-13(21-3)9-6-10-14(16)22-4/h5-10H,1-4H3,(H2,18,19,20).